The van der Waals surface area contributed by atoms with Crippen molar-refractivity contribution in [1.82, 2.24) is 0 Å². The van der Waals surface area contributed by atoms with Crippen molar-refractivity contribution in [2.24, 2.45) is 0 Å². The smallest absolute Gasteiger partial charge is 0.115 e. The van der Waals surface area contributed by atoms with Gasteiger partial charge in [-0.15, -0.1) is 0 Å². The topological polar surface area (TPSA) is 40.5 Å². The van der Waals surface area contributed by atoms with Gasteiger partial charge in [0.2, 0.25) is 0 Å². The number of aliphatic hydroxyl groups excluding tert-OH is 1. The number of phenolic OH excluding ortho intramolecular Hbond substituents is 1. The standard InChI is InChI=1S/C11H14O.C5H10O.C2H6/c1-3-9(4-2)10-5-7-11(12)8-6-10;1-3-5(6)4-2;1-2/h3,5-8,12H,4H2,1-2H3;3,6H,4H2,1-2H3;1-2H3/b9-3+;5-3+;. The first-order valence-electron chi connectivity index (χ1n) is 7.37. The Morgan fingerprint density at radius 2 is 1.45 bits per heavy atom. The van der Waals surface area contributed by atoms with Gasteiger partial charge >= 0.3 is 0 Å². The minimum atomic E-state index is 0.324. The van der Waals surface area contributed by atoms with Gasteiger partial charge in [-0.05, 0) is 49.6 Å². The highest BCUT2D eigenvalue weighted by molar-refractivity contribution is 5.65. The molecule has 114 valence electrons. The van der Waals surface area contributed by atoms with Gasteiger partial charge in [0.25, 0.3) is 0 Å². The zero-order chi connectivity index (χ0) is 16.0. The normalized spacial score (nSPS) is 10.9. The number of hydrogen-bond acceptors (Lipinski definition) is 2. The summed E-state index contributed by atoms with van der Waals surface area (Å²) in [4.78, 5) is 0. The number of rotatable bonds is 3. The fourth-order valence-electron chi connectivity index (χ4n) is 1.45. The van der Waals surface area contributed by atoms with E-state index < -0.39 is 0 Å². The first kappa shape index (κ1) is 20.6. The minimum absolute atomic E-state index is 0.324. The quantitative estimate of drug-likeness (QED) is 0.657. The van der Waals surface area contributed by atoms with E-state index >= 15 is 0 Å². The molecule has 0 aliphatic heterocycles. The maximum atomic E-state index is 9.06. The highest BCUT2D eigenvalue weighted by Gasteiger charge is 1.96. The van der Waals surface area contributed by atoms with Crippen LogP contribution in [0.15, 0.2) is 42.2 Å². The number of hydrogen-bond donors (Lipinski definition) is 2. The zero-order valence-electron chi connectivity index (χ0n) is 13.8. The van der Waals surface area contributed by atoms with Crippen LogP contribution in [0.1, 0.15) is 59.9 Å². The van der Waals surface area contributed by atoms with Gasteiger partial charge in [-0.25, -0.2) is 0 Å². The number of phenols is 1. The van der Waals surface area contributed by atoms with Crippen molar-refractivity contribution < 1.29 is 10.2 Å². The summed E-state index contributed by atoms with van der Waals surface area (Å²) in [6.07, 6.45) is 5.57. The molecule has 0 atom stereocenters. The molecule has 0 amide bonds. The van der Waals surface area contributed by atoms with Gasteiger partial charge < -0.3 is 10.2 Å². The van der Waals surface area contributed by atoms with Crippen LogP contribution in [0.25, 0.3) is 5.57 Å². The molecular weight excluding hydrogens is 248 g/mol. The van der Waals surface area contributed by atoms with Gasteiger partial charge in [0, 0.05) is 6.42 Å². The summed E-state index contributed by atoms with van der Waals surface area (Å²) in [5.41, 5.74) is 2.51. The van der Waals surface area contributed by atoms with Gasteiger partial charge in [0.15, 0.2) is 0 Å². The summed E-state index contributed by atoms with van der Waals surface area (Å²) in [5.74, 6) is 0.792. The minimum Gasteiger partial charge on any atom is -0.513 e. The molecule has 2 N–H and O–H groups in total. The number of benzene rings is 1. The Morgan fingerprint density at radius 1 is 0.950 bits per heavy atom. The van der Waals surface area contributed by atoms with Gasteiger partial charge in [-0.3, -0.25) is 0 Å². The van der Waals surface area contributed by atoms with Crippen molar-refractivity contribution >= 4 is 5.57 Å². The van der Waals surface area contributed by atoms with Crippen molar-refractivity contribution in [2.45, 2.75) is 54.4 Å². The van der Waals surface area contributed by atoms with E-state index in [2.05, 4.69) is 13.0 Å². The maximum Gasteiger partial charge on any atom is 0.115 e. The molecule has 0 heterocycles. The molecule has 0 saturated carbocycles. The molecule has 0 fully saturated rings. The van der Waals surface area contributed by atoms with Crippen LogP contribution in [0.2, 0.25) is 0 Å². The highest BCUT2D eigenvalue weighted by Crippen LogP contribution is 2.19. The molecule has 2 nitrogen and oxygen atoms in total. The summed E-state index contributed by atoms with van der Waals surface area (Å²) in [7, 11) is 0. The summed E-state index contributed by atoms with van der Waals surface area (Å²) in [5, 5.41) is 17.6. The molecule has 1 aromatic carbocycles. The molecule has 0 radical (unpaired) electrons. The Morgan fingerprint density at radius 3 is 1.70 bits per heavy atom. The predicted molar refractivity (Wildman–Crippen MR) is 90.1 cm³/mol. The van der Waals surface area contributed by atoms with Gasteiger partial charge in [-0.2, -0.15) is 0 Å². The summed E-state index contributed by atoms with van der Waals surface area (Å²) in [6.45, 7) is 11.9. The number of aliphatic hydroxyl groups is 1. The summed E-state index contributed by atoms with van der Waals surface area (Å²) in [6, 6.07) is 7.31. The maximum absolute atomic E-state index is 9.06. The van der Waals surface area contributed by atoms with Crippen LogP contribution in [-0.4, -0.2) is 10.2 Å². The lowest BCUT2D eigenvalue weighted by atomic mass is 10.0. The van der Waals surface area contributed by atoms with Crippen molar-refractivity contribution in [3.63, 3.8) is 0 Å². The lowest BCUT2D eigenvalue weighted by Gasteiger charge is -2.03. The third-order valence-corrected chi connectivity index (χ3v) is 2.66. The molecule has 0 unspecified atom stereocenters. The summed E-state index contributed by atoms with van der Waals surface area (Å²) >= 11 is 0. The second-order valence-electron chi connectivity index (χ2n) is 3.85. The molecule has 20 heavy (non-hydrogen) atoms. The van der Waals surface area contributed by atoms with Crippen molar-refractivity contribution in [3.8, 4) is 5.75 Å². The van der Waals surface area contributed by atoms with E-state index in [4.69, 9.17) is 10.2 Å². The Bertz CT molecular complexity index is 386. The fourth-order valence-corrected chi connectivity index (χ4v) is 1.45. The zero-order valence-corrected chi connectivity index (χ0v) is 13.8. The molecule has 0 bridgehead atoms. The molecule has 0 saturated heterocycles. The molecule has 2 heteroatoms. The highest BCUT2D eigenvalue weighted by atomic mass is 16.3. The van der Waals surface area contributed by atoms with Gasteiger partial charge in [0.05, 0.1) is 5.76 Å². The van der Waals surface area contributed by atoms with E-state index in [1.807, 2.05) is 46.8 Å². The van der Waals surface area contributed by atoms with Crippen LogP contribution >= 0.6 is 0 Å². The molecular formula is C18H30O2. The SMILES string of the molecule is C/C=C(/O)CC.C/C=C(\CC)c1ccc(O)cc1.CC. The fraction of sp³-hybridized carbons (Fsp3) is 0.444. The van der Waals surface area contributed by atoms with E-state index in [0.29, 0.717) is 11.5 Å². The monoisotopic (exact) mass is 278 g/mol. The van der Waals surface area contributed by atoms with Crippen LogP contribution < -0.4 is 0 Å². The van der Waals surface area contributed by atoms with Gasteiger partial charge in [0.1, 0.15) is 5.75 Å². The Kier molecular flexibility index (Phi) is 14.1. The third kappa shape index (κ3) is 9.26. The van der Waals surface area contributed by atoms with Crippen LogP contribution in [0, 0.1) is 0 Å². The summed E-state index contributed by atoms with van der Waals surface area (Å²) < 4.78 is 0. The molecule has 1 aromatic rings. The van der Waals surface area contributed by atoms with Crippen LogP contribution in [-0.2, 0) is 0 Å². The molecule has 1 rings (SSSR count). The van der Waals surface area contributed by atoms with Crippen LogP contribution in [0.4, 0.5) is 0 Å². The molecule has 0 spiro atoms. The van der Waals surface area contributed by atoms with Crippen LogP contribution in [0.3, 0.4) is 0 Å². The second-order valence-corrected chi connectivity index (χ2v) is 3.85. The van der Waals surface area contributed by atoms with Crippen molar-refractivity contribution in [1.29, 1.82) is 0 Å². The lowest BCUT2D eigenvalue weighted by molar-refractivity contribution is 0.393. The lowest BCUT2D eigenvalue weighted by Crippen LogP contribution is -1.80. The van der Waals surface area contributed by atoms with E-state index in [1.165, 1.54) is 11.1 Å². The van der Waals surface area contributed by atoms with Gasteiger partial charge in [-0.1, -0.05) is 45.9 Å². The average Bonchev–Trinajstić information content (AvgIpc) is 2.52. The second kappa shape index (κ2) is 13.7. The van der Waals surface area contributed by atoms with E-state index in [9.17, 15) is 0 Å². The van der Waals surface area contributed by atoms with Crippen LogP contribution in [0.5, 0.6) is 5.75 Å². The molecule has 0 aliphatic carbocycles. The van der Waals surface area contributed by atoms with Crippen molar-refractivity contribution in [3.05, 3.63) is 47.7 Å². The first-order valence-corrected chi connectivity index (χ1v) is 7.37. The predicted octanol–water partition coefficient (Wildman–Crippen LogP) is 6.09. The van der Waals surface area contributed by atoms with E-state index in [0.717, 1.165) is 12.8 Å². The Balaban J connectivity index is 0. The Labute approximate surface area is 124 Å². The number of allylic oxidation sites excluding steroid dienone is 4. The van der Waals surface area contributed by atoms with E-state index in [1.54, 1.807) is 18.2 Å². The Hall–Kier alpha value is -1.70. The number of aromatic hydroxyl groups is 1. The third-order valence-electron chi connectivity index (χ3n) is 2.66. The molecule has 0 aromatic heterocycles. The average molecular weight is 278 g/mol. The van der Waals surface area contributed by atoms with E-state index in [-0.39, 0.29) is 0 Å². The largest absolute Gasteiger partial charge is 0.513 e. The first-order chi connectivity index (χ1) is 9.58. The van der Waals surface area contributed by atoms with Crippen molar-refractivity contribution in [2.75, 3.05) is 0 Å². The molecule has 0 aliphatic rings.